The Kier molecular flexibility index (Phi) is 2.38. The van der Waals surface area contributed by atoms with Gasteiger partial charge < -0.3 is 14.9 Å². The van der Waals surface area contributed by atoms with Gasteiger partial charge >= 0.3 is 0 Å². The van der Waals surface area contributed by atoms with E-state index in [-0.39, 0.29) is 22.5 Å². The number of hydrogen-bond acceptors (Lipinski definition) is 3. The molecule has 3 rings (SSSR count). The summed E-state index contributed by atoms with van der Waals surface area (Å²) in [6.07, 6.45) is 7.33. The number of allylic oxidation sites excluding steroid dienone is 1. The van der Waals surface area contributed by atoms with Crippen molar-refractivity contribution in [3.05, 3.63) is 12.2 Å². The van der Waals surface area contributed by atoms with E-state index in [1.54, 1.807) is 0 Å². The zero-order valence-corrected chi connectivity index (χ0v) is 11.6. The summed E-state index contributed by atoms with van der Waals surface area (Å²) >= 11 is 0. The second kappa shape index (κ2) is 3.38. The van der Waals surface area contributed by atoms with Crippen LogP contribution >= 0.6 is 0 Å². The van der Waals surface area contributed by atoms with E-state index in [1.807, 2.05) is 13.0 Å². The quantitative estimate of drug-likeness (QED) is 0.554. The molecule has 0 bridgehead atoms. The van der Waals surface area contributed by atoms with Gasteiger partial charge in [-0.15, -0.1) is 0 Å². The summed E-state index contributed by atoms with van der Waals surface area (Å²) in [7, 11) is 0. The molecule has 2 N–H and O–H groups in total. The Bertz CT molecular complexity index is 397. The summed E-state index contributed by atoms with van der Waals surface area (Å²) in [5.74, 6) is 0. The molecule has 18 heavy (non-hydrogen) atoms. The highest BCUT2D eigenvalue weighted by atomic mass is 16.6. The van der Waals surface area contributed by atoms with Crippen LogP contribution in [0.1, 0.15) is 46.5 Å². The molecule has 3 aliphatic rings. The van der Waals surface area contributed by atoms with Gasteiger partial charge in [0.25, 0.3) is 0 Å². The molecule has 0 radical (unpaired) electrons. The fourth-order valence-corrected chi connectivity index (χ4v) is 4.10. The molecule has 3 heteroatoms. The minimum absolute atomic E-state index is 0.00319. The van der Waals surface area contributed by atoms with Gasteiger partial charge in [-0.05, 0) is 38.0 Å². The Labute approximate surface area is 109 Å². The lowest BCUT2D eigenvalue weighted by Gasteiger charge is -2.49. The molecule has 1 aliphatic heterocycles. The minimum atomic E-state index is -0.676. The molecule has 0 aromatic rings. The molecular formula is C15H24O3. The standard InChI is InChI=1S/C15H24O3/c1-12(6-8-13(2,17)9-7-12)14(3)5-4-11(16)15(14)10-18-15/h6,8,11,16-17H,4-5,7,9-10H2,1-3H3/t11-,12-,13?,14?,15+/m1/s1. The van der Waals surface area contributed by atoms with Gasteiger partial charge in [0.1, 0.15) is 5.60 Å². The van der Waals surface area contributed by atoms with E-state index in [0.717, 1.165) is 25.7 Å². The molecule has 2 fully saturated rings. The normalized spacial score (nSPS) is 59.3. The predicted octanol–water partition coefficient (Wildman–Crippen LogP) is 2.02. The first-order valence-electron chi connectivity index (χ1n) is 7.00. The van der Waals surface area contributed by atoms with Crippen LogP contribution in [0.5, 0.6) is 0 Å². The van der Waals surface area contributed by atoms with Crippen molar-refractivity contribution in [1.82, 2.24) is 0 Å². The maximum Gasteiger partial charge on any atom is 0.123 e. The molecule has 0 aromatic heterocycles. The molecule has 5 atom stereocenters. The first-order chi connectivity index (χ1) is 8.25. The van der Waals surface area contributed by atoms with E-state index in [4.69, 9.17) is 4.74 Å². The topological polar surface area (TPSA) is 53.0 Å². The molecule has 2 aliphatic carbocycles. The molecule has 0 amide bonds. The van der Waals surface area contributed by atoms with Crippen LogP contribution in [0.4, 0.5) is 0 Å². The highest BCUT2D eigenvalue weighted by Crippen LogP contribution is 2.66. The Morgan fingerprint density at radius 1 is 1.11 bits per heavy atom. The van der Waals surface area contributed by atoms with E-state index in [1.165, 1.54) is 0 Å². The van der Waals surface area contributed by atoms with Gasteiger partial charge in [-0.25, -0.2) is 0 Å². The highest BCUT2D eigenvalue weighted by molar-refractivity contribution is 5.26. The van der Waals surface area contributed by atoms with E-state index >= 15 is 0 Å². The van der Waals surface area contributed by atoms with Crippen molar-refractivity contribution < 1.29 is 14.9 Å². The lowest BCUT2D eigenvalue weighted by atomic mass is 9.55. The van der Waals surface area contributed by atoms with Crippen LogP contribution in [-0.4, -0.2) is 34.1 Å². The lowest BCUT2D eigenvalue weighted by molar-refractivity contribution is -0.0299. The molecule has 0 aromatic carbocycles. The van der Waals surface area contributed by atoms with Crippen LogP contribution in [0.2, 0.25) is 0 Å². The SMILES string of the molecule is CC1(O)C=C[C@@](C)(C2(C)CC[C@@H](O)[C@@]23CO3)CC1. The Morgan fingerprint density at radius 2 is 1.78 bits per heavy atom. The van der Waals surface area contributed by atoms with Gasteiger partial charge in [0, 0.05) is 5.41 Å². The number of aliphatic hydroxyl groups excluding tert-OH is 1. The van der Waals surface area contributed by atoms with Crippen molar-refractivity contribution in [3.63, 3.8) is 0 Å². The van der Waals surface area contributed by atoms with Crippen molar-refractivity contribution in [2.45, 2.75) is 63.8 Å². The molecule has 3 nitrogen and oxygen atoms in total. The number of hydrogen-bond donors (Lipinski definition) is 2. The molecule has 1 heterocycles. The molecular weight excluding hydrogens is 228 g/mol. The zero-order chi connectivity index (χ0) is 13.2. The van der Waals surface area contributed by atoms with E-state index in [0.29, 0.717) is 6.61 Å². The van der Waals surface area contributed by atoms with Crippen molar-refractivity contribution in [2.24, 2.45) is 10.8 Å². The first-order valence-corrected chi connectivity index (χ1v) is 7.00. The third-order valence-corrected chi connectivity index (χ3v) is 6.07. The van der Waals surface area contributed by atoms with Crippen LogP contribution in [-0.2, 0) is 4.74 Å². The lowest BCUT2D eigenvalue weighted by Crippen LogP contribution is -2.50. The molecule has 1 saturated carbocycles. The van der Waals surface area contributed by atoms with Crippen molar-refractivity contribution in [3.8, 4) is 0 Å². The van der Waals surface area contributed by atoms with Crippen LogP contribution in [0.3, 0.4) is 0 Å². The van der Waals surface area contributed by atoms with Gasteiger partial charge in [-0.1, -0.05) is 26.0 Å². The summed E-state index contributed by atoms with van der Waals surface area (Å²) in [5, 5.41) is 20.3. The second-order valence-electron chi connectivity index (χ2n) is 7.17. The van der Waals surface area contributed by atoms with Crippen molar-refractivity contribution >= 4 is 0 Å². The molecule has 2 unspecified atom stereocenters. The van der Waals surface area contributed by atoms with Gasteiger partial charge in [-0.3, -0.25) is 0 Å². The fraction of sp³-hybridized carbons (Fsp3) is 0.867. The second-order valence-corrected chi connectivity index (χ2v) is 7.17. The maximum absolute atomic E-state index is 10.2. The summed E-state index contributed by atoms with van der Waals surface area (Å²) in [6.45, 7) is 7.05. The summed E-state index contributed by atoms with van der Waals surface area (Å²) < 4.78 is 5.71. The Hall–Kier alpha value is -0.380. The number of ether oxygens (including phenoxy) is 1. The third kappa shape index (κ3) is 1.41. The van der Waals surface area contributed by atoms with E-state index in [2.05, 4.69) is 19.9 Å². The van der Waals surface area contributed by atoms with Crippen LogP contribution in [0.15, 0.2) is 12.2 Å². The highest BCUT2D eigenvalue weighted by Gasteiger charge is 2.71. The van der Waals surface area contributed by atoms with Gasteiger partial charge in [0.05, 0.1) is 18.3 Å². The average molecular weight is 252 g/mol. The van der Waals surface area contributed by atoms with Crippen LogP contribution < -0.4 is 0 Å². The first kappa shape index (κ1) is 12.6. The van der Waals surface area contributed by atoms with Gasteiger partial charge in [0.15, 0.2) is 0 Å². The molecule has 102 valence electrons. The smallest absolute Gasteiger partial charge is 0.123 e. The zero-order valence-electron chi connectivity index (χ0n) is 11.6. The van der Waals surface area contributed by atoms with Crippen molar-refractivity contribution in [2.75, 3.05) is 6.61 Å². The number of rotatable bonds is 1. The fourth-order valence-electron chi connectivity index (χ4n) is 4.10. The van der Waals surface area contributed by atoms with Gasteiger partial charge in [0.2, 0.25) is 0 Å². The summed E-state index contributed by atoms with van der Waals surface area (Å²) in [6, 6.07) is 0. The minimum Gasteiger partial charge on any atom is -0.390 e. The summed E-state index contributed by atoms with van der Waals surface area (Å²) in [4.78, 5) is 0. The van der Waals surface area contributed by atoms with Crippen molar-refractivity contribution in [1.29, 1.82) is 0 Å². The van der Waals surface area contributed by atoms with E-state index in [9.17, 15) is 10.2 Å². The predicted molar refractivity (Wildman–Crippen MR) is 69.1 cm³/mol. The molecule has 1 saturated heterocycles. The van der Waals surface area contributed by atoms with Gasteiger partial charge in [-0.2, -0.15) is 0 Å². The van der Waals surface area contributed by atoms with Crippen LogP contribution in [0.25, 0.3) is 0 Å². The van der Waals surface area contributed by atoms with Crippen LogP contribution in [0, 0.1) is 10.8 Å². The number of aliphatic hydroxyl groups is 2. The Morgan fingerprint density at radius 3 is 2.28 bits per heavy atom. The summed E-state index contributed by atoms with van der Waals surface area (Å²) in [5.41, 5.74) is -1.02. The Balaban J connectivity index is 1.96. The molecule has 1 spiro atoms. The largest absolute Gasteiger partial charge is 0.390 e. The number of epoxide rings is 1. The monoisotopic (exact) mass is 252 g/mol. The van der Waals surface area contributed by atoms with E-state index < -0.39 is 5.60 Å². The maximum atomic E-state index is 10.2. The third-order valence-electron chi connectivity index (χ3n) is 6.07. The average Bonchev–Trinajstić information content (AvgIpc) is 3.07.